The Morgan fingerprint density at radius 3 is 2.48 bits per heavy atom. The zero-order valence-electron chi connectivity index (χ0n) is 13.9. The zero-order chi connectivity index (χ0) is 17.8. The summed E-state index contributed by atoms with van der Waals surface area (Å²) in [6.45, 7) is 3.93. The molecule has 0 aliphatic carbocycles. The Labute approximate surface area is 144 Å². The van der Waals surface area contributed by atoms with Crippen molar-refractivity contribution in [1.82, 2.24) is 15.5 Å². The van der Waals surface area contributed by atoms with Gasteiger partial charge in [0.05, 0.1) is 17.4 Å². The van der Waals surface area contributed by atoms with Crippen LogP contribution in [0.2, 0.25) is 0 Å². The van der Waals surface area contributed by atoms with Crippen LogP contribution in [0.3, 0.4) is 0 Å². The van der Waals surface area contributed by atoms with Crippen molar-refractivity contribution in [3.05, 3.63) is 83.3 Å². The quantitative estimate of drug-likeness (QED) is 0.766. The number of carbonyl (C=O) groups is 1. The third kappa shape index (κ3) is 3.91. The predicted molar refractivity (Wildman–Crippen MR) is 90.5 cm³/mol. The van der Waals surface area contributed by atoms with E-state index in [-0.39, 0.29) is 17.5 Å². The van der Waals surface area contributed by atoms with Gasteiger partial charge in [0, 0.05) is 12.3 Å². The Kier molecular flexibility index (Phi) is 4.88. The Hall–Kier alpha value is -3.02. The first-order valence-electron chi connectivity index (χ1n) is 7.98. The summed E-state index contributed by atoms with van der Waals surface area (Å²) in [7, 11) is 0. The summed E-state index contributed by atoms with van der Waals surface area (Å²) in [4.78, 5) is 16.9. The number of hydrogen-bond donors (Lipinski definition) is 1. The highest BCUT2D eigenvalue weighted by Gasteiger charge is 2.22. The number of nitrogens with one attached hydrogen (secondary N) is 1. The summed E-state index contributed by atoms with van der Waals surface area (Å²) in [5.41, 5.74) is 2.07. The van der Waals surface area contributed by atoms with Crippen LogP contribution in [0.5, 0.6) is 0 Å². The molecule has 5 nitrogen and oxygen atoms in total. The average Bonchev–Trinajstić information content (AvgIpc) is 3.12. The molecule has 0 spiro atoms. The van der Waals surface area contributed by atoms with Crippen molar-refractivity contribution in [2.75, 3.05) is 0 Å². The molecule has 0 saturated heterocycles. The fourth-order valence-corrected chi connectivity index (χ4v) is 2.40. The first-order chi connectivity index (χ1) is 12.0. The molecule has 0 fully saturated rings. The molecular formula is C19H18FN3O2. The lowest BCUT2D eigenvalue weighted by Gasteiger charge is -2.18. The fraction of sp³-hybridized carbons (Fsp3) is 0.211. The van der Waals surface area contributed by atoms with Gasteiger partial charge in [-0.15, -0.1) is 0 Å². The van der Waals surface area contributed by atoms with E-state index in [9.17, 15) is 9.18 Å². The number of amides is 1. The maximum Gasteiger partial charge on any atom is 0.290 e. The number of hydrogen-bond acceptors (Lipinski definition) is 4. The molecule has 1 aromatic carbocycles. The first-order valence-corrected chi connectivity index (χ1v) is 7.98. The summed E-state index contributed by atoms with van der Waals surface area (Å²) in [5, 5.41) is 6.78. The summed E-state index contributed by atoms with van der Waals surface area (Å²) < 4.78 is 18.4. The van der Waals surface area contributed by atoms with Crippen LogP contribution >= 0.6 is 0 Å². The number of benzene rings is 1. The van der Waals surface area contributed by atoms with Crippen LogP contribution in [0.1, 0.15) is 53.3 Å². The Morgan fingerprint density at radius 2 is 1.88 bits per heavy atom. The van der Waals surface area contributed by atoms with Crippen molar-refractivity contribution in [2.24, 2.45) is 0 Å². The van der Waals surface area contributed by atoms with E-state index in [1.165, 1.54) is 12.1 Å². The van der Waals surface area contributed by atoms with E-state index in [1.54, 1.807) is 36.5 Å². The Bertz CT molecular complexity index is 845. The molecule has 1 N–H and O–H groups in total. The third-order valence-electron chi connectivity index (χ3n) is 3.81. The van der Waals surface area contributed by atoms with Gasteiger partial charge < -0.3 is 9.84 Å². The maximum atomic E-state index is 13.2. The van der Waals surface area contributed by atoms with Gasteiger partial charge in [0.15, 0.2) is 0 Å². The van der Waals surface area contributed by atoms with Crippen molar-refractivity contribution < 1.29 is 13.7 Å². The number of carbonyl (C=O) groups excluding carboxylic acids is 1. The van der Waals surface area contributed by atoms with Gasteiger partial charge in [0.25, 0.3) is 5.91 Å². The summed E-state index contributed by atoms with van der Waals surface area (Å²) >= 11 is 0. The second kappa shape index (κ2) is 7.25. The SMILES string of the molecule is CC(C)c1cc(C(=O)NC(c2ccc(F)cc2)c2ccccn2)on1. The van der Waals surface area contributed by atoms with Crippen molar-refractivity contribution >= 4 is 5.91 Å². The lowest BCUT2D eigenvalue weighted by Crippen LogP contribution is -2.29. The highest BCUT2D eigenvalue weighted by molar-refractivity contribution is 5.92. The van der Waals surface area contributed by atoms with E-state index in [0.29, 0.717) is 11.4 Å². The van der Waals surface area contributed by atoms with Gasteiger partial charge in [0.2, 0.25) is 5.76 Å². The van der Waals surface area contributed by atoms with Crippen molar-refractivity contribution in [1.29, 1.82) is 0 Å². The molecule has 0 bridgehead atoms. The topological polar surface area (TPSA) is 68.0 Å². The second-order valence-electron chi connectivity index (χ2n) is 5.98. The minimum absolute atomic E-state index is 0.131. The van der Waals surface area contributed by atoms with Gasteiger partial charge in [-0.05, 0) is 35.7 Å². The molecule has 2 aromatic heterocycles. The van der Waals surface area contributed by atoms with Crippen LogP contribution in [0, 0.1) is 5.82 Å². The molecule has 1 amide bonds. The summed E-state index contributed by atoms with van der Waals surface area (Å²) in [6.07, 6.45) is 1.64. The standard InChI is InChI=1S/C19H18FN3O2/c1-12(2)16-11-17(25-23-16)19(24)22-18(15-5-3-4-10-21-15)13-6-8-14(20)9-7-13/h3-12,18H,1-2H3,(H,22,24). The average molecular weight is 339 g/mol. The Balaban J connectivity index is 1.89. The van der Waals surface area contributed by atoms with Crippen LogP contribution in [0.4, 0.5) is 4.39 Å². The zero-order valence-corrected chi connectivity index (χ0v) is 13.9. The van der Waals surface area contributed by atoms with Gasteiger partial charge >= 0.3 is 0 Å². The molecule has 0 aliphatic rings. The molecule has 25 heavy (non-hydrogen) atoms. The number of rotatable bonds is 5. The van der Waals surface area contributed by atoms with Crippen molar-refractivity contribution in [2.45, 2.75) is 25.8 Å². The van der Waals surface area contributed by atoms with E-state index in [0.717, 1.165) is 5.56 Å². The van der Waals surface area contributed by atoms with Crippen LogP contribution in [0.25, 0.3) is 0 Å². The minimum Gasteiger partial charge on any atom is -0.351 e. The van der Waals surface area contributed by atoms with E-state index in [2.05, 4.69) is 15.5 Å². The number of aromatic nitrogens is 2. The number of halogens is 1. The van der Waals surface area contributed by atoms with Crippen molar-refractivity contribution in [3.63, 3.8) is 0 Å². The fourth-order valence-electron chi connectivity index (χ4n) is 2.40. The van der Waals surface area contributed by atoms with Gasteiger partial charge in [0.1, 0.15) is 5.82 Å². The van der Waals surface area contributed by atoms with Crippen molar-refractivity contribution in [3.8, 4) is 0 Å². The second-order valence-corrected chi connectivity index (χ2v) is 5.98. The predicted octanol–water partition coefficient (Wildman–Crippen LogP) is 3.85. The normalized spacial score (nSPS) is 12.2. The molecule has 6 heteroatoms. The first kappa shape index (κ1) is 16.8. The monoisotopic (exact) mass is 339 g/mol. The Morgan fingerprint density at radius 1 is 1.12 bits per heavy atom. The smallest absolute Gasteiger partial charge is 0.290 e. The van der Waals surface area contributed by atoms with Gasteiger partial charge in [-0.2, -0.15) is 0 Å². The van der Waals surface area contributed by atoms with Gasteiger partial charge in [-0.25, -0.2) is 4.39 Å². The molecule has 1 atom stereocenters. The molecule has 0 aliphatic heterocycles. The van der Waals surface area contributed by atoms with Gasteiger partial charge in [-0.1, -0.05) is 37.2 Å². The van der Waals surface area contributed by atoms with Crippen LogP contribution < -0.4 is 5.32 Å². The molecule has 0 radical (unpaired) electrons. The molecule has 0 saturated carbocycles. The highest BCUT2D eigenvalue weighted by Crippen LogP contribution is 2.22. The van der Waals surface area contributed by atoms with Crippen LogP contribution in [-0.4, -0.2) is 16.0 Å². The number of nitrogens with zero attached hydrogens (tertiary/aromatic N) is 2. The van der Waals surface area contributed by atoms with Gasteiger partial charge in [-0.3, -0.25) is 9.78 Å². The van der Waals surface area contributed by atoms with E-state index >= 15 is 0 Å². The maximum absolute atomic E-state index is 13.2. The molecule has 3 rings (SSSR count). The minimum atomic E-state index is -0.526. The lowest BCUT2D eigenvalue weighted by atomic mass is 10.0. The summed E-state index contributed by atoms with van der Waals surface area (Å²) in [6, 6.07) is 12.5. The van der Waals surface area contributed by atoms with E-state index < -0.39 is 11.9 Å². The molecular weight excluding hydrogens is 321 g/mol. The molecule has 1 unspecified atom stereocenters. The van der Waals surface area contributed by atoms with E-state index in [4.69, 9.17) is 4.52 Å². The van der Waals surface area contributed by atoms with E-state index in [1.807, 2.05) is 19.9 Å². The third-order valence-corrected chi connectivity index (χ3v) is 3.81. The lowest BCUT2D eigenvalue weighted by molar-refractivity contribution is 0.0905. The van der Waals surface area contributed by atoms with Crippen LogP contribution in [0.15, 0.2) is 59.3 Å². The molecule has 3 aromatic rings. The number of pyridine rings is 1. The van der Waals surface area contributed by atoms with Crippen LogP contribution in [-0.2, 0) is 0 Å². The highest BCUT2D eigenvalue weighted by atomic mass is 19.1. The largest absolute Gasteiger partial charge is 0.351 e. The molecule has 128 valence electrons. The summed E-state index contributed by atoms with van der Waals surface area (Å²) in [5.74, 6) is -0.452. The molecule has 2 heterocycles.